The second kappa shape index (κ2) is 4.51. The van der Waals surface area contributed by atoms with Crippen LogP contribution in [-0.2, 0) is 6.42 Å². The first-order chi connectivity index (χ1) is 6.59. The van der Waals surface area contributed by atoms with Gasteiger partial charge in [0.2, 0.25) is 0 Å². The molecule has 1 rings (SSSR count). The van der Waals surface area contributed by atoms with E-state index in [0.29, 0.717) is 12.0 Å². The maximum absolute atomic E-state index is 13.8. The Balaban J connectivity index is 2.77. The molecular weight excluding hydrogens is 184 g/mol. The molecular formula is C11H15F2N. The Morgan fingerprint density at radius 2 is 2.14 bits per heavy atom. The smallest absolute Gasteiger partial charge is 0.126 e. The van der Waals surface area contributed by atoms with Crippen LogP contribution in [0, 0.1) is 5.82 Å². The number of hydrogen-bond donors (Lipinski definition) is 1. The van der Waals surface area contributed by atoms with Gasteiger partial charge < -0.3 is 5.73 Å². The van der Waals surface area contributed by atoms with Crippen LogP contribution in [0.3, 0.4) is 0 Å². The fourth-order valence-electron chi connectivity index (χ4n) is 1.35. The summed E-state index contributed by atoms with van der Waals surface area (Å²) in [5, 5.41) is 0. The van der Waals surface area contributed by atoms with Gasteiger partial charge in [-0.3, -0.25) is 0 Å². The van der Waals surface area contributed by atoms with Gasteiger partial charge in [0.1, 0.15) is 11.5 Å². The molecule has 1 atom stereocenters. The van der Waals surface area contributed by atoms with Crippen molar-refractivity contribution in [3.63, 3.8) is 0 Å². The van der Waals surface area contributed by atoms with Crippen molar-refractivity contribution >= 4 is 0 Å². The second-order valence-electron chi connectivity index (χ2n) is 3.52. The van der Waals surface area contributed by atoms with Gasteiger partial charge in [-0.15, -0.1) is 0 Å². The molecule has 0 radical (unpaired) electrons. The molecule has 0 aliphatic carbocycles. The van der Waals surface area contributed by atoms with Crippen LogP contribution in [0.5, 0.6) is 0 Å². The maximum Gasteiger partial charge on any atom is 0.126 e. The van der Waals surface area contributed by atoms with Crippen LogP contribution in [0.2, 0.25) is 0 Å². The molecule has 0 aromatic heterocycles. The first-order valence-electron chi connectivity index (χ1n) is 4.73. The van der Waals surface area contributed by atoms with Crippen LogP contribution >= 0.6 is 0 Å². The van der Waals surface area contributed by atoms with Gasteiger partial charge in [0, 0.05) is 13.0 Å². The molecule has 0 aliphatic rings. The summed E-state index contributed by atoms with van der Waals surface area (Å²) in [6, 6.07) is 5.98. The lowest BCUT2D eigenvalue weighted by Gasteiger charge is -2.21. The Kier molecular flexibility index (Phi) is 3.58. The quantitative estimate of drug-likeness (QED) is 0.792. The summed E-state index contributed by atoms with van der Waals surface area (Å²) in [5.41, 5.74) is 4.58. The van der Waals surface area contributed by atoms with Crippen LogP contribution in [0.15, 0.2) is 24.3 Å². The summed E-state index contributed by atoms with van der Waals surface area (Å²) in [7, 11) is 0. The second-order valence-corrected chi connectivity index (χ2v) is 3.52. The lowest BCUT2D eigenvalue weighted by atomic mass is 9.94. The number of rotatable bonds is 4. The average molecular weight is 199 g/mol. The Hall–Kier alpha value is -0.960. The lowest BCUT2D eigenvalue weighted by molar-refractivity contribution is 0.167. The molecule has 0 bridgehead atoms. The molecule has 3 heteroatoms. The fraction of sp³-hybridized carbons (Fsp3) is 0.455. The minimum atomic E-state index is -1.41. The molecule has 0 saturated heterocycles. The highest BCUT2D eigenvalue weighted by Gasteiger charge is 2.25. The third kappa shape index (κ3) is 2.77. The Labute approximate surface area is 82.9 Å². The number of halogens is 2. The summed E-state index contributed by atoms with van der Waals surface area (Å²) < 4.78 is 26.6. The zero-order valence-corrected chi connectivity index (χ0v) is 8.26. The SMILES string of the molecule is CCC(F)(CN)Cc1cccc(F)c1. The van der Waals surface area contributed by atoms with E-state index in [1.807, 2.05) is 0 Å². The molecule has 0 amide bonds. The minimum Gasteiger partial charge on any atom is -0.328 e. The first-order valence-corrected chi connectivity index (χ1v) is 4.73. The van der Waals surface area contributed by atoms with Crippen LogP contribution in [0.4, 0.5) is 8.78 Å². The highest BCUT2D eigenvalue weighted by molar-refractivity contribution is 5.18. The van der Waals surface area contributed by atoms with E-state index in [9.17, 15) is 8.78 Å². The highest BCUT2D eigenvalue weighted by atomic mass is 19.1. The zero-order valence-electron chi connectivity index (χ0n) is 8.26. The molecule has 0 aliphatic heterocycles. The predicted octanol–water partition coefficient (Wildman–Crippen LogP) is 2.45. The van der Waals surface area contributed by atoms with Crippen LogP contribution in [0.1, 0.15) is 18.9 Å². The molecule has 1 unspecified atom stereocenters. The van der Waals surface area contributed by atoms with Gasteiger partial charge in [0.15, 0.2) is 0 Å². The largest absolute Gasteiger partial charge is 0.328 e. The molecule has 0 spiro atoms. The average Bonchev–Trinajstić information content (AvgIpc) is 2.18. The van der Waals surface area contributed by atoms with Gasteiger partial charge in [-0.05, 0) is 24.1 Å². The fourth-order valence-corrected chi connectivity index (χ4v) is 1.35. The van der Waals surface area contributed by atoms with Gasteiger partial charge in [-0.1, -0.05) is 19.1 Å². The first kappa shape index (κ1) is 11.1. The molecule has 0 saturated carbocycles. The Morgan fingerprint density at radius 1 is 1.43 bits per heavy atom. The predicted molar refractivity (Wildman–Crippen MR) is 53.3 cm³/mol. The van der Waals surface area contributed by atoms with Crippen LogP contribution in [-0.4, -0.2) is 12.2 Å². The zero-order chi connectivity index (χ0) is 10.6. The normalized spacial score (nSPS) is 15.1. The molecule has 78 valence electrons. The van der Waals surface area contributed by atoms with Crippen LogP contribution in [0.25, 0.3) is 0 Å². The third-order valence-corrected chi connectivity index (χ3v) is 2.41. The molecule has 14 heavy (non-hydrogen) atoms. The molecule has 2 N–H and O–H groups in total. The van der Waals surface area contributed by atoms with Gasteiger partial charge >= 0.3 is 0 Å². The van der Waals surface area contributed by atoms with Crippen molar-refractivity contribution in [3.05, 3.63) is 35.6 Å². The minimum absolute atomic E-state index is 0.0278. The van der Waals surface area contributed by atoms with E-state index in [1.165, 1.54) is 12.1 Å². The topological polar surface area (TPSA) is 26.0 Å². The van der Waals surface area contributed by atoms with Crippen molar-refractivity contribution in [2.75, 3.05) is 6.54 Å². The van der Waals surface area contributed by atoms with Crippen molar-refractivity contribution in [2.24, 2.45) is 5.73 Å². The van der Waals surface area contributed by atoms with Gasteiger partial charge in [0.25, 0.3) is 0 Å². The summed E-state index contributed by atoms with van der Waals surface area (Å²) in [6.07, 6.45) is 0.526. The molecule has 0 fully saturated rings. The van der Waals surface area contributed by atoms with Crippen LogP contribution < -0.4 is 5.73 Å². The van der Waals surface area contributed by atoms with E-state index >= 15 is 0 Å². The van der Waals surface area contributed by atoms with Crippen molar-refractivity contribution in [1.82, 2.24) is 0 Å². The van der Waals surface area contributed by atoms with E-state index in [4.69, 9.17) is 5.73 Å². The van der Waals surface area contributed by atoms with Crippen molar-refractivity contribution in [3.8, 4) is 0 Å². The maximum atomic E-state index is 13.8. The number of hydrogen-bond acceptors (Lipinski definition) is 1. The summed E-state index contributed by atoms with van der Waals surface area (Å²) in [6.45, 7) is 1.71. The Bertz CT molecular complexity index is 295. The molecule has 1 aromatic carbocycles. The summed E-state index contributed by atoms with van der Waals surface area (Å²) in [4.78, 5) is 0. The van der Waals surface area contributed by atoms with E-state index in [2.05, 4.69) is 0 Å². The van der Waals surface area contributed by atoms with E-state index in [-0.39, 0.29) is 18.8 Å². The van der Waals surface area contributed by atoms with E-state index < -0.39 is 5.67 Å². The van der Waals surface area contributed by atoms with Crippen molar-refractivity contribution in [1.29, 1.82) is 0 Å². The van der Waals surface area contributed by atoms with Gasteiger partial charge in [-0.2, -0.15) is 0 Å². The summed E-state index contributed by atoms with van der Waals surface area (Å²) >= 11 is 0. The van der Waals surface area contributed by atoms with Gasteiger partial charge in [0.05, 0.1) is 0 Å². The standard InChI is InChI=1S/C11H15F2N/c1-2-11(13,8-14)7-9-4-3-5-10(12)6-9/h3-6H,2,7-8,14H2,1H3. The van der Waals surface area contributed by atoms with Crippen molar-refractivity contribution < 1.29 is 8.78 Å². The molecule has 1 nitrogen and oxygen atoms in total. The third-order valence-electron chi connectivity index (χ3n) is 2.41. The number of alkyl halides is 1. The monoisotopic (exact) mass is 199 g/mol. The van der Waals surface area contributed by atoms with E-state index in [1.54, 1.807) is 19.1 Å². The van der Waals surface area contributed by atoms with Gasteiger partial charge in [-0.25, -0.2) is 8.78 Å². The van der Waals surface area contributed by atoms with E-state index in [0.717, 1.165) is 0 Å². The van der Waals surface area contributed by atoms with Crippen molar-refractivity contribution in [2.45, 2.75) is 25.4 Å². The number of benzene rings is 1. The number of nitrogens with two attached hydrogens (primary N) is 1. The molecule has 1 aromatic rings. The summed E-state index contributed by atoms with van der Waals surface area (Å²) in [5.74, 6) is -0.335. The molecule has 0 heterocycles. The Morgan fingerprint density at radius 3 is 2.64 bits per heavy atom. The lowest BCUT2D eigenvalue weighted by Crippen LogP contribution is -2.34. The highest BCUT2D eigenvalue weighted by Crippen LogP contribution is 2.21.